The van der Waals surface area contributed by atoms with Crippen LogP contribution < -0.4 is 15.6 Å². The fourth-order valence-electron chi connectivity index (χ4n) is 1.61. The molecular weight excluding hydrogens is 314 g/mol. The van der Waals surface area contributed by atoms with Crippen LogP contribution in [0, 0.1) is 0 Å². The average Bonchev–Trinajstić information content (AvgIpc) is 2.60. The van der Waals surface area contributed by atoms with Gasteiger partial charge in [0, 0.05) is 12.3 Å². The van der Waals surface area contributed by atoms with Gasteiger partial charge in [0.1, 0.15) is 5.75 Å². The quantitative estimate of drug-likeness (QED) is 0.365. The van der Waals surface area contributed by atoms with E-state index in [0.29, 0.717) is 11.3 Å². The zero-order valence-electron chi connectivity index (χ0n) is 12.5. The van der Waals surface area contributed by atoms with Gasteiger partial charge in [0.15, 0.2) is 18.1 Å². The molecule has 0 saturated heterocycles. The van der Waals surface area contributed by atoms with Crippen molar-refractivity contribution < 1.29 is 24.5 Å². The van der Waals surface area contributed by atoms with Crippen molar-refractivity contribution in [3.05, 3.63) is 54.4 Å². The van der Waals surface area contributed by atoms with Gasteiger partial charge < -0.3 is 14.9 Å². The first kappa shape index (κ1) is 16.8. The lowest BCUT2D eigenvalue weighted by molar-refractivity contribution is -0.128. The summed E-state index contributed by atoms with van der Waals surface area (Å²) < 4.78 is 5.16. The highest BCUT2D eigenvalue weighted by atomic mass is 16.5. The second-order valence-electron chi connectivity index (χ2n) is 4.60. The van der Waals surface area contributed by atoms with E-state index in [2.05, 4.69) is 15.8 Å². The summed E-state index contributed by atoms with van der Waals surface area (Å²) in [5.41, 5.74) is 4.87. The van der Waals surface area contributed by atoms with Crippen LogP contribution in [0.1, 0.15) is 5.56 Å². The predicted octanol–water partition coefficient (Wildman–Crippen LogP) is 0.732. The molecule has 1 heterocycles. The number of hydrazine groups is 1. The third kappa shape index (κ3) is 5.34. The number of amides is 2. The van der Waals surface area contributed by atoms with Gasteiger partial charge in [-0.2, -0.15) is 0 Å². The van der Waals surface area contributed by atoms with Crippen LogP contribution in [0.3, 0.4) is 0 Å². The van der Waals surface area contributed by atoms with Crippen molar-refractivity contribution in [2.24, 2.45) is 0 Å². The van der Waals surface area contributed by atoms with Gasteiger partial charge in [-0.25, -0.2) is 0 Å². The summed E-state index contributed by atoms with van der Waals surface area (Å²) in [5, 5.41) is 18.5. The molecule has 0 atom stereocenters. The number of nitrogens with one attached hydrogen (secondary N) is 2. The highest BCUT2D eigenvalue weighted by Crippen LogP contribution is 2.25. The van der Waals surface area contributed by atoms with E-state index in [4.69, 9.17) is 4.74 Å². The number of nitrogens with zero attached hydrogens (tertiary/aromatic N) is 1. The molecular formula is C16H15N3O5. The van der Waals surface area contributed by atoms with Crippen LogP contribution in [-0.4, -0.2) is 33.6 Å². The van der Waals surface area contributed by atoms with E-state index in [1.54, 1.807) is 18.3 Å². The van der Waals surface area contributed by atoms with Gasteiger partial charge in [0.2, 0.25) is 0 Å². The molecule has 4 N–H and O–H groups in total. The van der Waals surface area contributed by atoms with Crippen LogP contribution in [0.2, 0.25) is 0 Å². The Labute approximate surface area is 137 Å². The number of carbonyl (C=O) groups excluding carboxylic acids is 2. The van der Waals surface area contributed by atoms with Gasteiger partial charge in [-0.05, 0) is 35.9 Å². The van der Waals surface area contributed by atoms with Crippen molar-refractivity contribution in [2.45, 2.75) is 0 Å². The Morgan fingerprint density at radius 2 is 2.00 bits per heavy atom. The van der Waals surface area contributed by atoms with Crippen molar-refractivity contribution in [1.82, 2.24) is 15.8 Å². The maximum Gasteiger partial charge on any atom is 0.276 e. The lowest BCUT2D eigenvalue weighted by atomic mass is 10.2. The fourth-order valence-corrected chi connectivity index (χ4v) is 1.61. The molecule has 2 amide bonds. The lowest BCUT2D eigenvalue weighted by Gasteiger charge is -2.07. The van der Waals surface area contributed by atoms with Crippen LogP contribution in [-0.2, 0) is 9.59 Å². The number of aromatic nitrogens is 1. The maximum atomic E-state index is 11.6. The van der Waals surface area contributed by atoms with Crippen LogP contribution in [0.4, 0.5) is 0 Å². The second-order valence-corrected chi connectivity index (χ2v) is 4.60. The van der Waals surface area contributed by atoms with Crippen LogP contribution in [0.15, 0.2) is 48.8 Å². The minimum atomic E-state index is -0.572. The smallest absolute Gasteiger partial charge is 0.276 e. The monoisotopic (exact) mass is 329 g/mol. The van der Waals surface area contributed by atoms with E-state index in [-0.39, 0.29) is 18.1 Å². The summed E-state index contributed by atoms with van der Waals surface area (Å²) in [6.45, 7) is -0.276. The molecule has 0 fully saturated rings. The van der Waals surface area contributed by atoms with Gasteiger partial charge in [0.25, 0.3) is 11.8 Å². The number of benzene rings is 1. The van der Waals surface area contributed by atoms with Gasteiger partial charge in [0.05, 0.1) is 6.20 Å². The first-order chi connectivity index (χ1) is 11.5. The molecule has 0 aliphatic heterocycles. The number of hydrogen-bond acceptors (Lipinski definition) is 6. The van der Waals surface area contributed by atoms with Crippen LogP contribution in [0.5, 0.6) is 17.2 Å². The summed E-state index contributed by atoms with van der Waals surface area (Å²) in [6.07, 6.45) is 5.61. The van der Waals surface area contributed by atoms with Crippen molar-refractivity contribution in [1.29, 1.82) is 0 Å². The number of rotatable bonds is 5. The summed E-state index contributed by atoms with van der Waals surface area (Å²) in [6, 6.07) is 7.42. The number of hydrogen-bond donors (Lipinski definition) is 4. The molecule has 2 aromatic rings. The van der Waals surface area contributed by atoms with E-state index < -0.39 is 11.8 Å². The average molecular weight is 329 g/mol. The standard InChI is InChI=1S/C16H15N3O5/c20-13-5-3-11(8-14(13)21)4-6-15(22)18-19-16(23)10-24-12-2-1-7-17-9-12/h1-9,20-21H,10H2,(H,18,22)(H,19,23)/b6-4+. The molecule has 0 spiro atoms. The fraction of sp³-hybridized carbons (Fsp3) is 0.0625. The van der Waals surface area contributed by atoms with Crippen LogP contribution >= 0.6 is 0 Å². The third-order valence-corrected chi connectivity index (χ3v) is 2.76. The number of phenolic OH excluding ortho intramolecular Hbond substituents is 2. The Bertz CT molecular complexity index is 747. The van der Waals surface area contributed by atoms with Gasteiger partial charge in [-0.15, -0.1) is 0 Å². The molecule has 124 valence electrons. The van der Waals surface area contributed by atoms with Gasteiger partial charge in [-0.1, -0.05) is 6.07 Å². The molecule has 0 unspecified atom stereocenters. The molecule has 0 bridgehead atoms. The number of aromatic hydroxyl groups is 2. The number of ether oxygens (including phenoxy) is 1. The lowest BCUT2D eigenvalue weighted by Crippen LogP contribution is -2.43. The minimum absolute atomic E-state index is 0.252. The summed E-state index contributed by atoms with van der Waals surface area (Å²) >= 11 is 0. The van der Waals surface area contributed by atoms with Gasteiger partial charge in [-0.3, -0.25) is 25.4 Å². The van der Waals surface area contributed by atoms with Crippen LogP contribution in [0.25, 0.3) is 6.08 Å². The number of carbonyl (C=O) groups is 2. The Hall–Kier alpha value is -3.55. The van der Waals surface area contributed by atoms with E-state index in [9.17, 15) is 19.8 Å². The first-order valence-corrected chi connectivity index (χ1v) is 6.86. The maximum absolute atomic E-state index is 11.6. The molecule has 24 heavy (non-hydrogen) atoms. The highest BCUT2D eigenvalue weighted by molar-refractivity contribution is 5.93. The zero-order valence-corrected chi connectivity index (χ0v) is 12.5. The first-order valence-electron chi connectivity index (χ1n) is 6.86. The van der Waals surface area contributed by atoms with Crippen molar-refractivity contribution in [3.63, 3.8) is 0 Å². The molecule has 0 aliphatic rings. The Balaban J connectivity index is 1.75. The van der Waals surface area contributed by atoms with Crippen molar-refractivity contribution in [2.75, 3.05) is 6.61 Å². The molecule has 0 radical (unpaired) electrons. The molecule has 0 saturated carbocycles. The Morgan fingerprint density at radius 1 is 1.17 bits per heavy atom. The zero-order chi connectivity index (χ0) is 17.4. The largest absolute Gasteiger partial charge is 0.504 e. The van der Waals surface area contributed by atoms with Crippen molar-refractivity contribution >= 4 is 17.9 Å². The van der Waals surface area contributed by atoms with E-state index >= 15 is 0 Å². The summed E-state index contributed by atoms with van der Waals surface area (Å²) in [5.74, 6) is -1.22. The van der Waals surface area contributed by atoms with Crippen molar-refractivity contribution in [3.8, 4) is 17.2 Å². The summed E-state index contributed by atoms with van der Waals surface area (Å²) in [7, 11) is 0. The van der Waals surface area contributed by atoms with E-state index in [0.717, 1.165) is 6.08 Å². The second kappa shape index (κ2) is 8.18. The normalized spacial score (nSPS) is 10.3. The molecule has 2 rings (SSSR count). The molecule has 1 aromatic heterocycles. The van der Waals surface area contributed by atoms with E-state index in [1.165, 1.54) is 30.5 Å². The predicted molar refractivity (Wildman–Crippen MR) is 84.8 cm³/mol. The third-order valence-electron chi connectivity index (χ3n) is 2.76. The topological polar surface area (TPSA) is 121 Å². The molecule has 8 nitrogen and oxygen atoms in total. The molecule has 8 heteroatoms. The van der Waals surface area contributed by atoms with E-state index in [1.807, 2.05) is 0 Å². The number of pyridine rings is 1. The summed E-state index contributed by atoms with van der Waals surface area (Å²) in [4.78, 5) is 26.9. The van der Waals surface area contributed by atoms with Gasteiger partial charge >= 0.3 is 0 Å². The molecule has 1 aromatic carbocycles. The number of phenols is 2. The highest BCUT2D eigenvalue weighted by Gasteiger charge is 2.04. The Morgan fingerprint density at radius 3 is 2.71 bits per heavy atom. The minimum Gasteiger partial charge on any atom is -0.504 e. The Kier molecular flexibility index (Phi) is 5.73. The molecule has 0 aliphatic carbocycles. The SMILES string of the molecule is O=C(/C=C/c1ccc(O)c(O)c1)NNC(=O)COc1cccnc1.